The summed E-state index contributed by atoms with van der Waals surface area (Å²) in [5.41, 5.74) is 0.0353. The van der Waals surface area contributed by atoms with E-state index in [9.17, 15) is 22.8 Å². The molecule has 5 rings (SSSR count). The van der Waals surface area contributed by atoms with Crippen LogP contribution in [-0.2, 0) is 29.8 Å². The van der Waals surface area contributed by atoms with E-state index in [4.69, 9.17) is 26.6 Å². The van der Waals surface area contributed by atoms with E-state index in [1.807, 2.05) is 35.7 Å². The second kappa shape index (κ2) is 10.2. The van der Waals surface area contributed by atoms with E-state index >= 15 is 0 Å². The minimum absolute atomic E-state index is 0.164. The van der Waals surface area contributed by atoms with Crippen LogP contribution in [0.4, 0.5) is 13.2 Å². The molecule has 0 aliphatic carbocycles. The summed E-state index contributed by atoms with van der Waals surface area (Å²) in [5.74, 6) is -1.99. The van der Waals surface area contributed by atoms with Gasteiger partial charge in [0.15, 0.2) is 0 Å². The fourth-order valence-electron chi connectivity index (χ4n) is 4.60. The minimum atomic E-state index is -5.08. The normalized spacial score (nSPS) is 19.2. The third-order valence-electron chi connectivity index (χ3n) is 6.28. The Kier molecular flexibility index (Phi) is 7.39. The number of benzene rings is 1. The van der Waals surface area contributed by atoms with Crippen molar-refractivity contribution in [3.05, 3.63) is 83.8 Å². The van der Waals surface area contributed by atoms with Crippen LogP contribution in [0.1, 0.15) is 29.1 Å². The van der Waals surface area contributed by atoms with E-state index in [1.54, 1.807) is 15.9 Å². The highest BCUT2D eigenvalue weighted by Gasteiger charge is 2.47. The molecule has 1 unspecified atom stereocenters. The maximum atomic E-state index is 12.7. The summed E-state index contributed by atoms with van der Waals surface area (Å²) in [6.07, 6.45) is -3.29. The van der Waals surface area contributed by atoms with Crippen molar-refractivity contribution in [2.45, 2.75) is 44.1 Å². The zero-order chi connectivity index (χ0) is 26.1. The number of carboxylic acid groups (broad SMARTS) is 1. The third-order valence-corrected chi connectivity index (χ3v) is 7.37. The van der Waals surface area contributed by atoms with Gasteiger partial charge in [-0.25, -0.2) is 9.48 Å². The first-order valence-corrected chi connectivity index (χ1v) is 12.3. The average molecular weight is 543 g/mol. The lowest BCUT2D eigenvalue weighted by Crippen LogP contribution is -2.45. The van der Waals surface area contributed by atoms with Gasteiger partial charge < -0.3 is 5.11 Å². The van der Waals surface area contributed by atoms with E-state index in [2.05, 4.69) is 11.0 Å². The van der Waals surface area contributed by atoms with Crippen LogP contribution >= 0.6 is 22.9 Å². The summed E-state index contributed by atoms with van der Waals surface area (Å²) < 4.78 is 34.7. The molecule has 1 N–H and O–H groups in total. The van der Waals surface area contributed by atoms with Crippen molar-refractivity contribution < 1.29 is 23.1 Å². The zero-order valence-electron chi connectivity index (χ0n) is 18.9. The number of likely N-dealkylation sites (tertiary alicyclic amines) is 1. The van der Waals surface area contributed by atoms with Gasteiger partial charge in [-0.15, -0.1) is 11.3 Å². The Morgan fingerprint density at radius 3 is 2.47 bits per heavy atom. The average Bonchev–Trinajstić information content (AvgIpc) is 3.54. The van der Waals surface area contributed by atoms with Crippen molar-refractivity contribution in [1.82, 2.24) is 19.2 Å². The standard InChI is InChI=1S/C21H21ClN4O2S.C2HF3O2/c22-16-4-1-3-15(11-16)12-24-8-6-21(14-24)7-9-25-18(27)19(28)26(23-20(21)25)13-17-5-2-10-29-17;3-2(4,5)1(6)7/h1-5,10-11H,6-9,12-14H2;(H,6,7). The Morgan fingerprint density at radius 1 is 1.11 bits per heavy atom. The first-order chi connectivity index (χ1) is 17.0. The number of carbonyl (C=O) groups is 1. The molecule has 2 aromatic heterocycles. The number of aliphatic carboxylic acids is 1. The van der Waals surface area contributed by atoms with Crippen molar-refractivity contribution >= 4 is 28.9 Å². The molecule has 3 aromatic rings. The SMILES string of the molecule is O=C(O)C(F)(F)F.O=c1c(=O)n2c(nn1Cc1cccs1)C1(CCN(Cc3cccc(Cl)c3)C1)CC2. The molecule has 13 heteroatoms. The van der Waals surface area contributed by atoms with Gasteiger partial charge in [0, 0.05) is 34.9 Å². The van der Waals surface area contributed by atoms with Crippen molar-refractivity contribution in [2.24, 2.45) is 0 Å². The lowest BCUT2D eigenvalue weighted by atomic mass is 9.85. The van der Waals surface area contributed by atoms with Gasteiger partial charge in [-0.05, 0) is 48.5 Å². The molecule has 0 saturated carbocycles. The first kappa shape index (κ1) is 26.1. The molecule has 2 aliphatic rings. The van der Waals surface area contributed by atoms with Gasteiger partial charge in [-0.1, -0.05) is 29.8 Å². The van der Waals surface area contributed by atoms with Crippen LogP contribution in [0.5, 0.6) is 0 Å². The molecule has 192 valence electrons. The van der Waals surface area contributed by atoms with Gasteiger partial charge in [0.05, 0.1) is 6.54 Å². The lowest BCUT2D eigenvalue weighted by molar-refractivity contribution is -0.192. The molecule has 0 amide bonds. The van der Waals surface area contributed by atoms with Crippen LogP contribution in [0.15, 0.2) is 51.4 Å². The number of thiophene rings is 1. The second-order valence-electron chi connectivity index (χ2n) is 8.75. The maximum absolute atomic E-state index is 12.7. The summed E-state index contributed by atoms with van der Waals surface area (Å²) >= 11 is 7.69. The Labute approximate surface area is 212 Å². The molecule has 36 heavy (non-hydrogen) atoms. The van der Waals surface area contributed by atoms with Crippen molar-refractivity contribution in [3.63, 3.8) is 0 Å². The molecule has 8 nitrogen and oxygen atoms in total. The van der Waals surface area contributed by atoms with E-state index in [-0.39, 0.29) is 5.41 Å². The molecular formula is C23H22ClF3N4O4S. The van der Waals surface area contributed by atoms with Gasteiger partial charge in [0.2, 0.25) is 0 Å². The highest BCUT2D eigenvalue weighted by atomic mass is 35.5. The molecular weight excluding hydrogens is 521 g/mol. The summed E-state index contributed by atoms with van der Waals surface area (Å²) in [7, 11) is 0. The predicted molar refractivity (Wildman–Crippen MR) is 128 cm³/mol. The van der Waals surface area contributed by atoms with E-state index in [1.165, 1.54) is 10.2 Å². The van der Waals surface area contributed by atoms with Crippen LogP contribution in [-0.4, -0.2) is 49.6 Å². The largest absolute Gasteiger partial charge is 0.490 e. The number of alkyl halides is 3. The number of hydrogen-bond donors (Lipinski definition) is 1. The summed E-state index contributed by atoms with van der Waals surface area (Å²) in [4.78, 5) is 37.6. The number of nitrogens with zero attached hydrogens (tertiary/aromatic N) is 4. The Balaban J connectivity index is 0.000000384. The quantitative estimate of drug-likeness (QED) is 0.508. The molecule has 0 bridgehead atoms. The number of halogens is 4. The van der Waals surface area contributed by atoms with Gasteiger partial charge in [0.25, 0.3) is 0 Å². The monoisotopic (exact) mass is 542 g/mol. The predicted octanol–water partition coefficient (Wildman–Crippen LogP) is 3.35. The van der Waals surface area contributed by atoms with E-state index in [0.29, 0.717) is 13.1 Å². The van der Waals surface area contributed by atoms with Crippen LogP contribution in [0.2, 0.25) is 5.02 Å². The van der Waals surface area contributed by atoms with Gasteiger partial charge >= 0.3 is 23.3 Å². The number of fused-ring (bicyclic) bond motifs is 2. The van der Waals surface area contributed by atoms with Crippen molar-refractivity contribution in [3.8, 4) is 0 Å². The molecule has 2 aliphatic heterocycles. The summed E-state index contributed by atoms with van der Waals surface area (Å²) in [5, 5.41) is 14.5. The number of hydrogen-bond acceptors (Lipinski definition) is 6. The van der Waals surface area contributed by atoms with Gasteiger partial charge in [-0.3, -0.25) is 19.1 Å². The van der Waals surface area contributed by atoms with Crippen molar-refractivity contribution in [2.75, 3.05) is 13.1 Å². The lowest BCUT2D eigenvalue weighted by Gasteiger charge is -2.24. The summed E-state index contributed by atoms with van der Waals surface area (Å²) in [6, 6.07) is 11.8. The second-order valence-corrected chi connectivity index (χ2v) is 10.2. The highest BCUT2D eigenvalue weighted by Crippen LogP contribution is 2.40. The Morgan fingerprint density at radius 2 is 1.83 bits per heavy atom. The molecule has 1 fully saturated rings. The maximum Gasteiger partial charge on any atom is 0.490 e. The number of aromatic nitrogens is 3. The van der Waals surface area contributed by atoms with Crippen LogP contribution in [0, 0.1) is 0 Å². The molecule has 1 saturated heterocycles. The summed E-state index contributed by atoms with van der Waals surface area (Å²) in [6.45, 7) is 3.51. The number of carboxylic acids is 1. The van der Waals surface area contributed by atoms with E-state index in [0.717, 1.165) is 48.2 Å². The molecule has 0 radical (unpaired) electrons. The van der Waals surface area contributed by atoms with Gasteiger partial charge in [-0.2, -0.15) is 18.3 Å². The van der Waals surface area contributed by atoms with Crippen molar-refractivity contribution in [1.29, 1.82) is 0 Å². The zero-order valence-corrected chi connectivity index (χ0v) is 20.4. The minimum Gasteiger partial charge on any atom is -0.475 e. The molecule has 1 atom stereocenters. The van der Waals surface area contributed by atoms with E-state index < -0.39 is 23.3 Å². The third kappa shape index (κ3) is 5.55. The van der Waals surface area contributed by atoms with Crippen LogP contribution in [0.3, 0.4) is 0 Å². The molecule has 1 aromatic carbocycles. The molecule has 1 spiro atoms. The fraction of sp³-hybridized carbons (Fsp3) is 0.391. The number of rotatable bonds is 4. The van der Waals surface area contributed by atoms with Crippen LogP contribution in [0.25, 0.3) is 0 Å². The highest BCUT2D eigenvalue weighted by molar-refractivity contribution is 7.09. The molecule has 4 heterocycles. The van der Waals surface area contributed by atoms with Gasteiger partial charge in [0.1, 0.15) is 5.82 Å². The Bertz CT molecular complexity index is 1370. The first-order valence-electron chi connectivity index (χ1n) is 11.0. The fourth-order valence-corrected chi connectivity index (χ4v) is 5.50. The Hall–Kier alpha value is -2.96. The topological polar surface area (TPSA) is 97.4 Å². The smallest absolute Gasteiger partial charge is 0.475 e. The van der Waals surface area contributed by atoms with Crippen LogP contribution < -0.4 is 11.1 Å².